The average Bonchev–Trinajstić information content (AvgIpc) is 3.19. The van der Waals surface area contributed by atoms with Crippen molar-refractivity contribution in [2.45, 2.75) is 25.8 Å². The molecule has 2 aliphatic heterocycles. The van der Waals surface area contributed by atoms with Crippen LogP contribution in [-0.2, 0) is 13.0 Å². The second kappa shape index (κ2) is 7.60. The van der Waals surface area contributed by atoms with Gasteiger partial charge in [0, 0.05) is 31.7 Å². The molecule has 4 nitrogen and oxygen atoms in total. The first-order valence-electron chi connectivity index (χ1n) is 9.66. The van der Waals surface area contributed by atoms with E-state index in [1.54, 1.807) is 12.1 Å². The number of hydrogen-bond donors (Lipinski definition) is 1. The lowest BCUT2D eigenvalue weighted by Gasteiger charge is -2.30. The molecule has 0 bridgehead atoms. The van der Waals surface area contributed by atoms with E-state index in [0.717, 1.165) is 25.1 Å². The fraction of sp³-hybridized carbons (Fsp3) is 0.409. The van der Waals surface area contributed by atoms with Crippen molar-refractivity contribution < 1.29 is 4.79 Å². The van der Waals surface area contributed by atoms with Gasteiger partial charge in [-0.15, -0.1) is 0 Å². The fourth-order valence-electron chi connectivity index (χ4n) is 4.10. The molecule has 2 heterocycles. The third-order valence-corrected chi connectivity index (χ3v) is 5.73. The Morgan fingerprint density at radius 2 is 1.54 bits per heavy atom. The minimum Gasteiger partial charge on any atom is -0.366 e. The zero-order valence-corrected chi connectivity index (χ0v) is 15.3. The van der Waals surface area contributed by atoms with Crippen LogP contribution in [0.3, 0.4) is 0 Å². The van der Waals surface area contributed by atoms with E-state index in [1.165, 1.54) is 55.7 Å². The van der Waals surface area contributed by atoms with Crippen molar-refractivity contribution in [3.63, 3.8) is 0 Å². The van der Waals surface area contributed by atoms with E-state index in [4.69, 9.17) is 5.73 Å². The van der Waals surface area contributed by atoms with Gasteiger partial charge in [0.15, 0.2) is 0 Å². The number of rotatable bonds is 5. The lowest BCUT2D eigenvalue weighted by molar-refractivity contribution is 0.100. The van der Waals surface area contributed by atoms with Gasteiger partial charge in [-0.2, -0.15) is 0 Å². The Morgan fingerprint density at radius 3 is 2.27 bits per heavy atom. The van der Waals surface area contributed by atoms with Gasteiger partial charge in [0.2, 0.25) is 5.91 Å². The van der Waals surface area contributed by atoms with E-state index in [0.29, 0.717) is 5.56 Å². The Balaban J connectivity index is 1.42. The molecule has 0 aliphatic carbocycles. The molecule has 2 N–H and O–H groups in total. The minimum atomic E-state index is -0.379. The van der Waals surface area contributed by atoms with Crippen LogP contribution in [0.1, 0.15) is 34.3 Å². The fourth-order valence-corrected chi connectivity index (χ4v) is 4.10. The monoisotopic (exact) mass is 349 g/mol. The lowest BCUT2D eigenvalue weighted by atomic mass is 9.94. The number of nitrogens with zero attached hydrogens (tertiary/aromatic N) is 2. The maximum Gasteiger partial charge on any atom is 0.248 e. The third kappa shape index (κ3) is 3.81. The molecule has 0 radical (unpaired) electrons. The Kier molecular flexibility index (Phi) is 5.05. The molecular formula is C22H27N3O. The quantitative estimate of drug-likeness (QED) is 0.903. The number of amides is 1. The van der Waals surface area contributed by atoms with Crippen molar-refractivity contribution in [2.75, 3.05) is 32.7 Å². The van der Waals surface area contributed by atoms with Crippen molar-refractivity contribution in [1.29, 1.82) is 0 Å². The molecule has 4 rings (SSSR count). The molecular weight excluding hydrogens is 322 g/mol. The first-order chi connectivity index (χ1) is 12.7. The Labute approximate surface area is 155 Å². The zero-order valence-electron chi connectivity index (χ0n) is 15.3. The second-order valence-electron chi connectivity index (χ2n) is 7.50. The van der Waals surface area contributed by atoms with Crippen LogP contribution in [0, 0.1) is 0 Å². The summed E-state index contributed by atoms with van der Waals surface area (Å²) in [7, 11) is 0. The van der Waals surface area contributed by atoms with Crippen LogP contribution in [0.15, 0.2) is 42.5 Å². The average molecular weight is 349 g/mol. The van der Waals surface area contributed by atoms with Crippen molar-refractivity contribution in [3.8, 4) is 11.1 Å². The van der Waals surface area contributed by atoms with Gasteiger partial charge in [0.25, 0.3) is 0 Å². The van der Waals surface area contributed by atoms with Gasteiger partial charge < -0.3 is 10.6 Å². The number of fused-ring (bicyclic) bond motifs is 1. The summed E-state index contributed by atoms with van der Waals surface area (Å²) in [6.07, 6.45) is 3.85. The molecule has 2 aromatic rings. The first-order valence-corrected chi connectivity index (χ1v) is 9.66. The topological polar surface area (TPSA) is 49.6 Å². The maximum atomic E-state index is 11.2. The van der Waals surface area contributed by atoms with E-state index in [9.17, 15) is 4.79 Å². The van der Waals surface area contributed by atoms with Crippen LogP contribution in [0.2, 0.25) is 0 Å². The smallest absolute Gasteiger partial charge is 0.248 e. The predicted molar refractivity (Wildman–Crippen MR) is 105 cm³/mol. The molecule has 0 spiro atoms. The minimum absolute atomic E-state index is 0.379. The number of benzene rings is 2. The van der Waals surface area contributed by atoms with Crippen LogP contribution >= 0.6 is 0 Å². The van der Waals surface area contributed by atoms with Crippen LogP contribution in [-0.4, -0.2) is 48.4 Å². The first kappa shape index (κ1) is 17.3. The molecule has 2 aromatic carbocycles. The number of nitrogens with two attached hydrogens (primary N) is 1. The second-order valence-corrected chi connectivity index (χ2v) is 7.50. The summed E-state index contributed by atoms with van der Waals surface area (Å²) >= 11 is 0. The molecule has 0 saturated carbocycles. The third-order valence-electron chi connectivity index (χ3n) is 5.73. The van der Waals surface area contributed by atoms with Crippen molar-refractivity contribution in [1.82, 2.24) is 9.80 Å². The molecule has 0 aromatic heterocycles. The summed E-state index contributed by atoms with van der Waals surface area (Å²) < 4.78 is 0. The molecule has 1 fully saturated rings. The molecule has 4 heteroatoms. The SMILES string of the molecule is NC(=O)c1ccc(-c2ccc3c(c2)CCN(CCN2CCCC2)C3)cc1. The van der Waals surface area contributed by atoms with Crippen molar-refractivity contribution >= 4 is 5.91 Å². The highest BCUT2D eigenvalue weighted by Gasteiger charge is 2.18. The Bertz CT molecular complexity index is 778. The molecule has 1 saturated heterocycles. The van der Waals surface area contributed by atoms with E-state index < -0.39 is 0 Å². The summed E-state index contributed by atoms with van der Waals surface area (Å²) in [6.45, 7) is 7.15. The number of carbonyl (C=O) groups excluding carboxylic acids is 1. The highest BCUT2D eigenvalue weighted by Crippen LogP contribution is 2.26. The van der Waals surface area contributed by atoms with E-state index in [2.05, 4.69) is 28.0 Å². The number of carbonyl (C=O) groups is 1. The van der Waals surface area contributed by atoms with Gasteiger partial charge >= 0.3 is 0 Å². The predicted octanol–water partition coefficient (Wildman–Crippen LogP) is 2.91. The standard InChI is InChI=1S/C22H27N3O/c23-22(26)18-5-3-17(4-6-18)19-7-8-21-16-25(12-9-20(21)15-19)14-13-24-10-1-2-11-24/h3-8,15H,1-2,9-14,16H2,(H2,23,26). The Morgan fingerprint density at radius 1 is 0.846 bits per heavy atom. The molecule has 26 heavy (non-hydrogen) atoms. The van der Waals surface area contributed by atoms with Gasteiger partial charge in [-0.25, -0.2) is 0 Å². The van der Waals surface area contributed by atoms with E-state index >= 15 is 0 Å². The largest absolute Gasteiger partial charge is 0.366 e. The van der Waals surface area contributed by atoms with Crippen molar-refractivity contribution in [2.24, 2.45) is 5.73 Å². The highest BCUT2D eigenvalue weighted by molar-refractivity contribution is 5.93. The van der Waals surface area contributed by atoms with Crippen molar-refractivity contribution in [3.05, 3.63) is 59.2 Å². The van der Waals surface area contributed by atoms with Crippen LogP contribution in [0.5, 0.6) is 0 Å². The van der Waals surface area contributed by atoms with Gasteiger partial charge in [-0.3, -0.25) is 9.69 Å². The molecule has 136 valence electrons. The summed E-state index contributed by atoms with van der Waals surface area (Å²) in [6, 6.07) is 14.3. The molecule has 0 atom stereocenters. The van der Waals surface area contributed by atoms with E-state index in [1.807, 2.05) is 12.1 Å². The number of likely N-dealkylation sites (tertiary alicyclic amines) is 1. The van der Waals surface area contributed by atoms with E-state index in [-0.39, 0.29) is 5.91 Å². The number of hydrogen-bond acceptors (Lipinski definition) is 3. The highest BCUT2D eigenvalue weighted by atomic mass is 16.1. The maximum absolute atomic E-state index is 11.2. The normalized spacial score (nSPS) is 18.0. The molecule has 0 unspecified atom stereocenters. The van der Waals surface area contributed by atoms with Crippen LogP contribution in [0.4, 0.5) is 0 Å². The molecule has 2 aliphatic rings. The van der Waals surface area contributed by atoms with Gasteiger partial charge in [0.1, 0.15) is 0 Å². The summed E-state index contributed by atoms with van der Waals surface area (Å²) in [5.41, 5.74) is 11.1. The lowest BCUT2D eigenvalue weighted by Crippen LogP contribution is -2.37. The zero-order chi connectivity index (χ0) is 17.9. The Hall–Kier alpha value is -2.17. The van der Waals surface area contributed by atoms with Gasteiger partial charge in [-0.05, 0) is 66.7 Å². The number of primary amides is 1. The van der Waals surface area contributed by atoms with Gasteiger partial charge in [-0.1, -0.05) is 30.3 Å². The summed E-state index contributed by atoms with van der Waals surface area (Å²) in [5, 5.41) is 0. The van der Waals surface area contributed by atoms with Crippen LogP contribution < -0.4 is 5.73 Å². The van der Waals surface area contributed by atoms with Crippen LogP contribution in [0.25, 0.3) is 11.1 Å². The molecule has 1 amide bonds. The van der Waals surface area contributed by atoms with Gasteiger partial charge in [0.05, 0.1) is 0 Å². The summed E-state index contributed by atoms with van der Waals surface area (Å²) in [5.74, 6) is -0.379. The summed E-state index contributed by atoms with van der Waals surface area (Å²) in [4.78, 5) is 16.4.